The summed E-state index contributed by atoms with van der Waals surface area (Å²) in [6.45, 7) is 0. The molecular formula is C14H9BrN2O2. The zero-order chi connectivity index (χ0) is 13.8. The molecule has 19 heavy (non-hydrogen) atoms. The van der Waals surface area contributed by atoms with Gasteiger partial charge in [0.05, 0.1) is 17.2 Å². The molecule has 2 rings (SSSR count). The van der Waals surface area contributed by atoms with E-state index in [1.165, 1.54) is 0 Å². The summed E-state index contributed by atoms with van der Waals surface area (Å²) in [5.41, 5.74) is 6.12. The van der Waals surface area contributed by atoms with Crippen LogP contribution in [0.5, 0.6) is 11.5 Å². The van der Waals surface area contributed by atoms with E-state index in [0.717, 1.165) is 4.47 Å². The number of carbonyl (C=O) groups is 1. The predicted molar refractivity (Wildman–Crippen MR) is 73.9 cm³/mol. The Labute approximate surface area is 118 Å². The molecule has 2 N–H and O–H groups in total. The Hall–Kier alpha value is -2.32. The molecule has 2 aromatic rings. The van der Waals surface area contributed by atoms with Crippen molar-refractivity contribution in [2.45, 2.75) is 0 Å². The van der Waals surface area contributed by atoms with Gasteiger partial charge in [-0.15, -0.1) is 0 Å². The normalized spacial score (nSPS) is 9.68. The van der Waals surface area contributed by atoms with Crippen LogP contribution in [-0.4, -0.2) is 5.91 Å². The topological polar surface area (TPSA) is 76.1 Å². The molecule has 0 saturated carbocycles. The van der Waals surface area contributed by atoms with E-state index in [1.807, 2.05) is 6.07 Å². The SMILES string of the molecule is N#Cc1ccc(Oc2cc(Br)ccc2C(N)=O)cc1. The third-order valence-electron chi connectivity index (χ3n) is 2.42. The van der Waals surface area contributed by atoms with E-state index in [-0.39, 0.29) is 0 Å². The van der Waals surface area contributed by atoms with Crippen molar-refractivity contribution < 1.29 is 9.53 Å². The van der Waals surface area contributed by atoms with Gasteiger partial charge in [0.25, 0.3) is 5.91 Å². The third-order valence-corrected chi connectivity index (χ3v) is 2.91. The molecule has 0 fully saturated rings. The van der Waals surface area contributed by atoms with E-state index in [2.05, 4.69) is 15.9 Å². The first-order chi connectivity index (χ1) is 9.10. The zero-order valence-electron chi connectivity index (χ0n) is 9.76. The smallest absolute Gasteiger partial charge is 0.252 e. The average molecular weight is 317 g/mol. The summed E-state index contributed by atoms with van der Waals surface area (Å²) in [6.07, 6.45) is 0. The van der Waals surface area contributed by atoms with Crippen molar-refractivity contribution in [2.24, 2.45) is 5.73 Å². The van der Waals surface area contributed by atoms with Gasteiger partial charge in [0.2, 0.25) is 0 Å². The number of rotatable bonds is 3. The van der Waals surface area contributed by atoms with Crippen LogP contribution in [0.2, 0.25) is 0 Å². The van der Waals surface area contributed by atoms with Gasteiger partial charge in [-0.3, -0.25) is 4.79 Å². The van der Waals surface area contributed by atoms with Gasteiger partial charge in [0, 0.05) is 4.47 Å². The first-order valence-electron chi connectivity index (χ1n) is 5.37. The molecule has 0 heterocycles. The molecule has 94 valence electrons. The number of hydrogen-bond donors (Lipinski definition) is 1. The quantitative estimate of drug-likeness (QED) is 0.944. The third kappa shape index (κ3) is 3.12. The fourth-order valence-corrected chi connectivity index (χ4v) is 1.85. The molecule has 5 heteroatoms. The number of benzene rings is 2. The minimum Gasteiger partial charge on any atom is -0.456 e. The van der Waals surface area contributed by atoms with Crippen molar-refractivity contribution in [3.05, 3.63) is 58.1 Å². The van der Waals surface area contributed by atoms with Crippen LogP contribution in [0, 0.1) is 11.3 Å². The van der Waals surface area contributed by atoms with E-state index >= 15 is 0 Å². The second-order valence-electron chi connectivity index (χ2n) is 3.74. The maximum Gasteiger partial charge on any atom is 0.252 e. The van der Waals surface area contributed by atoms with Crippen LogP contribution in [0.15, 0.2) is 46.9 Å². The first-order valence-corrected chi connectivity index (χ1v) is 6.17. The zero-order valence-corrected chi connectivity index (χ0v) is 11.3. The first kappa shape index (κ1) is 13.1. The fourth-order valence-electron chi connectivity index (χ4n) is 1.51. The molecule has 4 nitrogen and oxygen atoms in total. The highest BCUT2D eigenvalue weighted by Crippen LogP contribution is 2.28. The molecule has 0 aromatic heterocycles. The summed E-state index contributed by atoms with van der Waals surface area (Å²) < 4.78 is 6.39. The highest BCUT2D eigenvalue weighted by Gasteiger charge is 2.10. The Morgan fingerprint density at radius 3 is 2.47 bits per heavy atom. The summed E-state index contributed by atoms with van der Waals surface area (Å²) in [6, 6.07) is 13.6. The lowest BCUT2D eigenvalue weighted by atomic mass is 10.2. The molecule has 2 aromatic carbocycles. The Bertz CT molecular complexity index is 660. The fraction of sp³-hybridized carbons (Fsp3) is 0. The lowest BCUT2D eigenvalue weighted by molar-refractivity contribution is 0.0998. The Morgan fingerprint density at radius 1 is 1.21 bits per heavy atom. The minimum atomic E-state index is -0.559. The Kier molecular flexibility index (Phi) is 3.83. The second kappa shape index (κ2) is 5.55. The lowest BCUT2D eigenvalue weighted by Crippen LogP contribution is -2.12. The molecular weight excluding hydrogens is 308 g/mol. The van der Waals surface area contributed by atoms with Crippen LogP contribution in [0.3, 0.4) is 0 Å². The number of nitriles is 1. The Balaban J connectivity index is 2.34. The van der Waals surface area contributed by atoms with Gasteiger partial charge in [-0.2, -0.15) is 5.26 Å². The number of ether oxygens (including phenoxy) is 1. The van der Waals surface area contributed by atoms with Gasteiger partial charge in [-0.05, 0) is 42.5 Å². The van der Waals surface area contributed by atoms with Crippen molar-refractivity contribution >= 4 is 21.8 Å². The standard InChI is InChI=1S/C14H9BrN2O2/c15-10-3-6-12(14(17)18)13(7-10)19-11-4-1-9(8-16)2-5-11/h1-7H,(H2,17,18). The minimum absolute atomic E-state index is 0.299. The summed E-state index contributed by atoms with van der Waals surface area (Å²) in [7, 11) is 0. The van der Waals surface area contributed by atoms with Gasteiger partial charge in [0.15, 0.2) is 0 Å². The maximum atomic E-state index is 11.3. The molecule has 0 bridgehead atoms. The molecule has 0 saturated heterocycles. The number of nitrogens with zero attached hydrogens (tertiary/aromatic N) is 1. The van der Waals surface area contributed by atoms with E-state index in [4.69, 9.17) is 15.7 Å². The summed E-state index contributed by atoms with van der Waals surface area (Å²) in [5.74, 6) is 0.335. The average Bonchev–Trinajstić information content (AvgIpc) is 2.39. The lowest BCUT2D eigenvalue weighted by Gasteiger charge is -2.09. The maximum absolute atomic E-state index is 11.3. The van der Waals surface area contributed by atoms with Crippen molar-refractivity contribution in [1.29, 1.82) is 5.26 Å². The largest absolute Gasteiger partial charge is 0.456 e. The number of carbonyl (C=O) groups excluding carboxylic acids is 1. The van der Waals surface area contributed by atoms with Gasteiger partial charge in [-0.1, -0.05) is 15.9 Å². The van der Waals surface area contributed by atoms with E-state index in [0.29, 0.717) is 22.6 Å². The van der Waals surface area contributed by atoms with Crippen molar-refractivity contribution in [2.75, 3.05) is 0 Å². The molecule has 0 aliphatic heterocycles. The van der Waals surface area contributed by atoms with E-state index in [1.54, 1.807) is 42.5 Å². The molecule has 0 unspecified atom stereocenters. The van der Waals surface area contributed by atoms with Crippen LogP contribution < -0.4 is 10.5 Å². The number of amides is 1. The van der Waals surface area contributed by atoms with Gasteiger partial charge in [0.1, 0.15) is 11.5 Å². The van der Waals surface area contributed by atoms with Crippen LogP contribution in [-0.2, 0) is 0 Å². The van der Waals surface area contributed by atoms with Crippen LogP contribution >= 0.6 is 15.9 Å². The molecule has 0 aliphatic carbocycles. The van der Waals surface area contributed by atoms with Crippen molar-refractivity contribution in [1.82, 2.24) is 0 Å². The molecule has 0 atom stereocenters. The van der Waals surface area contributed by atoms with E-state index < -0.39 is 5.91 Å². The number of primary amides is 1. The second-order valence-corrected chi connectivity index (χ2v) is 4.66. The van der Waals surface area contributed by atoms with Gasteiger partial charge in [-0.25, -0.2) is 0 Å². The predicted octanol–water partition coefficient (Wildman–Crippen LogP) is 3.21. The summed E-state index contributed by atoms with van der Waals surface area (Å²) in [5, 5.41) is 8.71. The molecule has 0 spiro atoms. The summed E-state index contributed by atoms with van der Waals surface area (Å²) >= 11 is 3.31. The van der Waals surface area contributed by atoms with Gasteiger partial charge >= 0.3 is 0 Å². The van der Waals surface area contributed by atoms with Crippen molar-refractivity contribution in [3.63, 3.8) is 0 Å². The summed E-state index contributed by atoms with van der Waals surface area (Å²) in [4.78, 5) is 11.3. The number of hydrogen-bond acceptors (Lipinski definition) is 3. The van der Waals surface area contributed by atoms with Crippen LogP contribution in [0.25, 0.3) is 0 Å². The van der Waals surface area contributed by atoms with Gasteiger partial charge < -0.3 is 10.5 Å². The van der Waals surface area contributed by atoms with Crippen molar-refractivity contribution in [3.8, 4) is 17.6 Å². The Morgan fingerprint density at radius 2 is 1.89 bits per heavy atom. The molecule has 1 amide bonds. The highest BCUT2D eigenvalue weighted by atomic mass is 79.9. The number of nitrogens with two attached hydrogens (primary N) is 1. The van der Waals surface area contributed by atoms with Crippen LogP contribution in [0.1, 0.15) is 15.9 Å². The van der Waals surface area contributed by atoms with Crippen LogP contribution in [0.4, 0.5) is 0 Å². The highest BCUT2D eigenvalue weighted by molar-refractivity contribution is 9.10. The number of halogens is 1. The monoisotopic (exact) mass is 316 g/mol. The van der Waals surface area contributed by atoms with E-state index in [9.17, 15) is 4.79 Å². The molecule has 0 aliphatic rings. The molecule has 0 radical (unpaired) electrons.